The second-order valence-electron chi connectivity index (χ2n) is 8.98. The predicted octanol–water partition coefficient (Wildman–Crippen LogP) is 8.71. The van der Waals surface area contributed by atoms with Crippen LogP contribution in [0.15, 0.2) is 18.3 Å². The van der Waals surface area contributed by atoms with Gasteiger partial charge in [-0.25, -0.2) is 0 Å². The Morgan fingerprint density at radius 1 is 0.588 bits per heavy atom. The van der Waals surface area contributed by atoms with Crippen molar-refractivity contribution in [2.45, 2.75) is 94.0 Å². The minimum Gasteiger partial charge on any atom is -0.372 e. The van der Waals surface area contributed by atoms with Gasteiger partial charge in [-0.15, -0.1) is 0 Å². The van der Waals surface area contributed by atoms with Crippen molar-refractivity contribution in [3.63, 3.8) is 0 Å². The largest absolute Gasteiger partial charge is 0.460 e. The van der Waals surface area contributed by atoms with Crippen molar-refractivity contribution >= 4 is 8.24 Å². The second-order valence-corrected chi connectivity index (χ2v) is 14.7. The number of aromatic nitrogens is 1. The van der Waals surface area contributed by atoms with Gasteiger partial charge < -0.3 is 4.23 Å². The lowest BCUT2D eigenvalue weighted by Crippen LogP contribution is -2.69. The lowest BCUT2D eigenvalue weighted by Gasteiger charge is -2.46. The predicted molar refractivity (Wildman–Crippen MR) is 101 cm³/mol. The smallest absolute Gasteiger partial charge is 0.372 e. The van der Waals surface area contributed by atoms with Crippen LogP contribution in [0.1, 0.15) is 47.2 Å². The van der Waals surface area contributed by atoms with Crippen molar-refractivity contribution in [1.82, 2.24) is 4.23 Å². The summed E-state index contributed by atoms with van der Waals surface area (Å²) < 4.78 is 178. The fourth-order valence-electron chi connectivity index (χ4n) is 4.74. The lowest BCUT2D eigenvalue weighted by atomic mass is 9.92. The summed E-state index contributed by atoms with van der Waals surface area (Å²) in [5.41, 5.74) is -3.38. The molecule has 1 rings (SSSR count). The molecule has 0 spiro atoms. The molecule has 1 aromatic heterocycles. The molecule has 0 atom stereocenters. The molecule has 0 saturated carbocycles. The molecule has 0 fully saturated rings. The van der Waals surface area contributed by atoms with E-state index in [1.807, 2.05) is 0 Å². The molecule has 15 heteroatoms. The van der Waals surface area contributed by atoms with Gasteiger partial charge in [0.25, 0.3) is 0 Å². The van der Waals surface area contributed by atoms with E-state index in [1.165, 1.54) is 0 Å². The van der Waals surface area contributed by atoms with Gasteiger partial charge in [0, 0.05) is 0 Å². The molecule has 0 N–H and O–H groups in total. The summed E-state index contributed by atoms with van der Waals surface area (Å²) in [6.45, 7) is 9.33. The summed E-state index contributed by atoms with van der Waals surface area (Å²) in [7, 11) is -3.41. The van der Waals surface area contributed by atoms with Crippen LogP contribution < -0.4 is 0 Å². The van der Waals surface area contributed by atoms with Gasteiger partial charge in [0.05, 0.1) is 5.69 Å². The molecule has 0 amide bonds. The summed E-state index contributed by atoms with van der Waals surface area (Å²) in [5.74, 6) is -37.1. The molecule has 0 aromatic carbocycles. The first-order valence-electron chi connectivity index (χ1n) is 9.95. The van der Waals surface area contributed by atoms with Gasteiger partial charge in [0.15, 0.2) is 8.24 Å². The Balaban J connectivity index is 3.90. The first kappa shape index (κ1) is 30.6. The fraction of sp³-hybridized carbons (Fsp3) is 0.789. The fourth-order valence-corrected chi connectivity index (χ4v) is 11.4. The van der Waals surface area contributed by atoms with E-state index in [1.54, 1.807) is 41.5 Å². The van der Waals surface area contributed by atoms with Crippen molar-refractivity contribution in [3.05, 3.63) is 24.0 Å². The summed E-state index contributed by atoms with van der Waals surface area (Å²) in [4.78, 5) is 0. The second kappa shape index (κ2) is 8.61. The third kappa shape index (κ3) is 3.83. The van der Waals surface area contributed by atoms with Crippen LogP contribution in [0.4, 0.5) is 57.1 Å². The molecule has 0 unspecified atom stereocenters. The van der Waals surface area contributed by atoms with Crippen molar-refractivity contribution in [3.8, 4) is 0 Å². The van der Waals surface area contributed by atoms with Gasteiger partial charge in [0.1, 0.15) is 0 Å². The maximum absolute atomic E-state index is 15.0. The molecule has 0 aliphatic heterocycles. The number of halogens is 13. The van der Waals surface area contributed by atoms with Gasteiger partial charge in [-0.3, -0.25) is 0 Å². The first-order valence-corrected chi connectivity index (χ1v) is 12.1. The minimum absolute atomic E-state index is 0.235. The van der Waals surface area contributed by atoms with E-state index >= 15 is 0 Å². The van der Waals surface area contributed by atoms with E-state index in [-0.39, 0.29) is 6.07 Å². The summed E-state index contributed by atoms with van der Waals surface area (Å²) >= 11 is 0. The highest BCUT2D eigenvalue weighted by molar-refractivity contribution is 6.82. The first-order chi connectivity index (χ1) is 14.8. The molecule has 0 aliphatic rings. The highest BCUT2D eigenvalue weighted by atomic mass is 28.3. The van der Waals surface area contributed by atoms with Crippen molar-refractivity contribution in [2.24, 2.45) is 0 Å². The molecule has 1 heterocycles. The third-order valence-electron chi connectivity index (χ3n) is 6.20. The van der Waals surface area contributed by atoms with Gasteiger partial charge in [-0.1, -0.05) is 41.5 Å². The minimum atomic E-state index is -7.91. The Hall–Kier alpha value is -1.41. The van der Waals surface area contributed by atoms with Gasteiger partial charge in [-0.05, 0) is 35.0 Å². The zero-order valence-electron chi connectivity index (χ0n) is 18.8. The topological polar surface area (TPSA) is 4.93 Å². The Morgan fingerprint density at radius 2 is 0.941 bits per heavy atom. The monoisotopic (exact) mass is 541 g/mol. The normalized spacial score (nSPS) is 15.7. The van der Waals surface area contributed by atoms with Crippen LogP contribution in [0.5, 0.6) is 0 Å². The Bertz CT molecular complexity index is 831. The summed E-state index contributed by atoms with van der Waals surface area (Å²) in [6, 6.07) is 0.994. The van der Waals surface area contributed by atoms with Crippen LogP contribution in [0.2, 0.25) is 16.6 Å². The number of hydrogen-bond donors (Lipinski definition) is 0. The van der Waals surface area contributed by atoms with E-state index in [9.17, 15) is 57.1 Å². The number of rotatable bonds is 9. The Morgan fingerprint density at radius 3 is 1.26 bits per heavy atom. The molecule has 0 radical (unpaired) electrons. The molecule has 0 saturated heterocycles. The van der Waals surface area contributed by atoms with E-state index in [2.05, 4.69) is 0 Å². The molecule has 200 valence electrons. The average molecular weight is 541 g/mol. The van der Waals surface area contributed by atoms with Crippen molar-refractivity contribution in [2.75, 3.05) is 0 Å². The van der Waals surface area contributed by atoms with Crippen LogP contribution in [0, 0.1) is 0 Å². The van der Waals surface area contributed by atoms with Crippen LogP contribution in [-0.2, 0) is 5.92 Å². The Kier molecular flexibility index (Phi) is 7.75. The zero-order chi connectivity index (χ0) is 27.5. The molecular formula is C19H24F13NSi. The number of hydrogen-bond acceptors (Lipinski definition) is 0. The van der Waals surface area contributed by atoms with Gasteiger partial charge >= 0.3 is 35.8 Å². The summed E-state index contributed by atoms with van der Waals surface area (Å²) in [6.07, 6.45) is -6.56. The van der Waals surface area contributed by atoms with Crippen LogP contribution >= 0.6 is 0 Å². The van der Waals surface area contributed by atoms with Crippen molar-refractivity contribution < 1.29 is 57.1 Å². The molecule has 1 aromatic rings. The van der Waals surface area contributed by atoms with E-state index in [0.29, 0.717) is 4.23 Å². The number of alkyl halides is 13. The van der Waals surface area contributed by atoms with E-state index in [4.69, 9.17) is 0 Å². The van der Waals surface area contributed by atoms with Crippen molar-refractivity contribution in [1.29, 1.82) is 0 Å². The Labute approximate surface area is 188 Å². The van der Waals surface area contributed by atoms with Crippen LogP contribution in [-0.4, -0.2) is 42.3 Å². The maximum Gasteiger partial charge on any atom is 0.460 e. The lowest BCUT2D eigenvalue weighted by molar-refractivity contribution is -0.442. The molecule has 34 heavy (non-hydrogen) atoms. The molecular weight excluding hydrogens is 517 g/mol. The maximum atomic E-state index is 15.0. The SMILES string of the molecule is CC(C)[Si](C(C)C)(C(C)C)n1cccc1C(F)(F)C(F)(F)C(F)(F)C(F)(F)C(F)(F)C(F)(F)F. The van der Waals surface area contributed by atoms with E-state index in [0.717, 1.165) is 12.3 Å². The number of nitrogens with zero attached hydrogens (tertiary/aromatic N) is 1. The summed E-state index contributed by atoms with van der Waals surface area (Å²) in [5, 5.41) is 0. The van der Waals surface area contributed by atoms with Gasteiger partial charge in [-0.2, -0.15) is 57.1 Å². The third-order valence-corrected chi connectivity index (χ3v) is 13.0. The van der Waals surface area contributed by atoms with Crippen LogP contribution in [0.25, 0.3) is 0 Å². The highest BCUT2D eigenvalue weighted by Crippen LogP contribution is 2.62. The molecule has 0 bridgehead atoms. The quantitative estimate of drug-likeness (QED) is 0.218. The average Bonchev–Trinajstić information content (AvgIpc) is 3.10. The van der Waals surface area contributed by atoms with Gasteiger partial charge in [0.2, 0.25) is 0 Å². The molecule has 0 aliphatic carbocycles. The van der Waals surface area contributed by atoms with E-state index < -0.39 is 66.3 Å². The van der Waals surface area contributed by atoms with Crippen LogP contribution in [0.3, 0.4) is 0 Å². The standard InChI is InChI=1S/C19H24F13NSi/c1-10(2)34(11(3)4,12(5)6)33-9-7-8-13(33)14(20,21)15(22,23)16(24,25)17(26,27)18(28,29)19(30,31)32/h7-12H,1-6H3. The molecule has 1 nitrogen and oxygen atoms in total. The highest BCUT2D eigenvalue weighted by Gasteiger charge is 2.91. The zero-order valence-corrected chi connectivity index (χ0v) is 19.8.